The molecule has 2 aromatic heterocycles. The van der Waals surface area contributed by atoms with Crippen LogP contribution in [-0.2, 0) is 11.3 Å². The summed E-state index contributed by atoms with van der Waals surface area (Å²) in [5.41, 5.74) is 0.792. The zero-order valence-corrected chi connectivity index (χ0v) is 20.7. The maximum atomic E-state index is 12.2. The summed E-state index contributed by atoms with van der Waals surface area (Å²) in [7, 11) is 0. The topological polar surface area (TPSA) is 85.2 Å². The number of carbonyl (C=O) groups excluding carboxylic acids is 1. The highest BCUT2D eigenvalue weighted by atomic mass is 35.5. The van der Waals surface area contributed by atoms with E-state index >= 15 is 0 Å². The lowest BCUT2D eigenvalue weighted by molar-refractivity contribution is -0.123. The molecule has 1 fully saturated rings. The number of nitrogens with one attached hydrogen (secondary N) is 1. The van der Waals surface area contributed by atoms with E-state index in [1.165, 1.54) is 19.3 Å². The van der Waals surface area contributed by atoms with Gasteiger partial charge in [0.2, 0.25) is 0 Å². The third-order valence-corrected chi connectivity index (χ3v) is 6.54. The molecule has 3 heterocycles. The van der Waals surface area contributed by atoms with Crippen molar-refractivity contribution < 1.29 is 9.53 Å². The van der Waals surface area contributed by atoms with Crippen LogP contribution in [0.4, 0.5) is 5.82 Å². The lowest BCUT2D eigenvalue weighted by atomic mass is 10.1. The minimum atomic E-state index is -0.247. The first kappa shape index (κ1) is 23.9. The van der Waals surface area contributed by atoms with Gasteiger partial charge in [0.05, 0.1) is 23.2 Å². The first-order valence-electron chi connectivity index (χ1n) is 11.0. The third kappa shape index (κ3) is 6.02. The number of fused-ring (bicyclic) bond motifs is 1. The highest BCUT2D eigenvalue weighted by Gasteiger charge is 2.20. The minimum absolute atomic E-state index is 0.139. The van der Waals surface area contributed by atoms with Crippen molar-refractivity contribution in [3.63, 3.8) is 0 Å². The molecule has 1 aliphatic heterocycles. The molecule has 0 radical (unpaired) electrons. The highest BCUT2D eigenvalue weighted by Crippen LogP contribution is 2.29. The molecule has 0 bridgehead atoms. The molecular formula is C22H26Cl2N6O2S. The number of carbonyl (C=O) groups is 1. The number of aromatic nitrogens is 4. The number of anilines is 1. The lowest BCUT2D eigenvalue weighted by Gasteiger charge is -2.28. The predicted molar refractivity (Wildman–Crippen MR) is 133 cm³/mol. The standard InChI is InChI=1S/C22H26Cl2N6O2S/c1-2-33-22-27-20(29-9-4-3-5-10-29)16-13-26-30(21(16)28-22)11-8-25-19(31)14-32-18-7-6-15(23)12-17(18)24/h6-7,12-13H,2-5,8-11,14H2,1H3,(H,25,31). The number of amides is 1. The van der Waals surface area contributed by atoms with E-state index < -0.39 is 0 Å². The molecule has 8 nitrogen and oxygen atoms in total. The van der Waals surface area contributed by atoms with E-state index in [0.29, 0.717) is 28.9 Å². The number of benzene rings is 1. The lowest BCUT2D eigenvalue weighted by Crippen LogP contribution is -2.32. The van der Waals surface area contributed by atoms with Crippen LogP contribution in [0.1, 0.15) is 26.2 Å². The zero-order chi connectivity index (χ0) is 23.2. The normalized spacial score (nSPS) is 14.0. The maximum absolute atomic E-state index is 12.2. The van der Waals surface area contributed by atoms with E-state index in [9.17, 15) is 4.79 Å². The third-order valence-electron chi connectivity index (χ3n) is 5.28. The predicted octanol–water partition coefficient (Wildman–Crippen LogP) is 4.43. The van der Waals surface area contributed by atoms with Gasteiger partial charge in [-0.1, -0.05) is 41.9 Å². The smallest absolute Gasteiger partial charge is 0.258 e. The van der Waals surface area contributed by atoms with Crippen LogP contribution in [0.5, 0.6) is 5.75 Å². The second-order valence-corrected chi connectivity index (χ2v) is 9.70. The quantitative estimate of drug-likeness (QED) is 0.338. The van der Waals surface area contributed by atoms with E-state index in [4.69, 9.17) is 37.9 Å². The molecule has 1 saturated heterocycles. The van der Waals surface area contributed by atoms with Crippen LogP contribution in [0, 0.1) is 0 Å². The van der Waals surface area contributed by atoms with Gasteiger partial charge in [0.15, 0.2) is 17.4 Å². The molecule has 1 aromatic carbocycles. The number of hydrogen-bond acceptors (Lipinski definition) is 7. The molecule has 1 amide bonds. The van der Waals surface area contributed by atoms with Gasteiger partial charge >= 0.3 is 0 Å². The number of thioether (sulfide) groups is 1. The number of halogens is 2. The fourth-order valence-corrected chi connectivity index (χ4v) is 4.74. The molecule has 176 valence electrons. The second-order valence-electron chi connectivity index (χ2n) is 7.63. The van der Waals surface area contributed by atoms with Crippen molar-refractivity contribution in [3.05, 3.63) is 34.4 Å². The van der Waals surface area contributed by atoms with Crippen LogP contribution in [-0.4, -0.2) is 57.6 Å². The number of nitrogens with zero attached hydrogens (tertiary/aromatic N) is 5. The number of hydrogen-bond donors (Lipinski definition) is 1. The van der Waals surface area contributed by atoms with Crippen LogP contribution in [0.25, 0.3) is 11.0 Å². The summed E-state index contributed by atoms with van der Waals surface area (Å²) in [5.74, 6) is 2.02. The van der Waals surface area contributed by atoms with Crippen molar-refractivity contribution in [2.45, 2.75) is 37.9 Å². The molecule has 3 aromatic rings. The summed E-state index contributed by atoms with van der Waals surface area (Å²) in [6.07, 6.45) is 5.43. The SMILES string of the molecule is CCSc1nc(N2CCCCC2)c2cnn(CCNC(=O)COc3ccc(Cl)cc3Cl)c2n1. The van der Waals surface area contributed by atoms with Gasteiger partial charge in [-0.25, -0.2) is 14.6 Å². The molecule has 0 atom stereocenters. The van der Waals surface area contributed by atoms with E-state index in [2.05, 4.69) is 22.2 Å². The van der Waals surface area contributed by atoms with Crippen LogP contribution < -0.4 is 15.0 Å². The summed E-state index contributed by atoms with van der Waals surface area (Å²) in [6.45, 7) is 4.84. The van der Waals surface area contributed by atoms with Crippen molar-refractivity contribution >= 4 is 57.7 Å². The Hall–Kier alpha value is -2.23. The van der Waals surface area contributed by atoms with Gasteiger partial charge < -0.3 is 15.0 Å². The van der Waals surface area contributed by atoms with Crippen molar-refractivity contribution in [1.82, 2.24) is 25.1 Å². The molecule has 33 heavy (non-hydrogen) atoms. The van der Waals surface area contributed by atoms with Gasteiger partial charge in [0.1, 0.15) is 11.6 Å². The van der Waals surface area contributed by atoms with Crippen molar-refractivity contribution in [1.29, 1.82) is 0 Å². The number of ether oxygens (including phenoxy) is 1. The van der Waals surface area contributed by atoms with Crippen molar-refractivity contribution in [2.75, 3.05) is 36.9 Å². The molecule has 0 saturated carbocycles. The zero-order valence-electron chi connectivity index (χ0n) is 18.4. The van der Waals surface area contributed by atoms with Crippen LogP contribution in [0.2, 0.25) is 10.0 Å². The molecule has 0 unspecified atom stereocenters. The first-order valence-corrected chi connectivity index (χ1v) is 12.7. The Morgan fingerprint density at radius 3 is 2.79 bits per heavy atom. The molecule has 11 heteroatoms. The van der Waals surface area contributed by atoms with Gasteiger partial charge in [0, 0.05) is 24.7 Å². The molecule has 1 N–H and O–H groups in total. The van der Waals surface area contributed by atoms with E-state index in [1.54, 1.807) is 30.0 Å². The Balaban J connectivity index is 1.39. The summed E-state index contributed by atoms with van der Waals surface area (Å²) in [6, 6.07) is 4.87. The molecule has 0 spiro atoms. The Labute approximate surface area is 207 Å². The summed E-state index contributed by atoms with van der Waals surface area (Å²) in [4.78, 5) is 24.1. The average molecular weight is 509 g/mol. The van der Waals surface area contributed by atoms with Crippen LogP contribution in [0.15, 0.2) is 29.6 Å². The summed E-state index contributed by atoms with van der Waals surface area (Å²) in [5, 5.41) is 9.96. The monoisotopic (exact) mass is 508 g/mol. The Kier molecular flexibility index (Phi) is 8.16. The highest BCUT2D eigenvalue weighted by molar-refractivity contribution is 7.99. The molecule has 4 rings (SSSR count). The van der Waals surface area contributed by atoms with Gasteiger partial charge in [-0.05, 0) is 43.2 Å². The summed E-state index contributed by atoms with van der Waals surface area (Å²) >= 11 is 13.6. The molecule has 1 aliphatic rings. The second kappa shape index (κ2) is 11.3. The number of rotatable bonds is 9. The fourth-order valence-electron chi connectivity index (χ4n) is 3.71. The van der Waals surface area contributed by atoms with Gasteiger partial charge in [-0.2, -0.15) is 5.10 Å². The number of piperidine rings is 1. The maximum Gasteiger partial charge on any atom is 0.258 e. The first-order chi connectivity index (χ1) is 16.0. The largest absolute Gasteiger partial charge is 0.482 e. The Morgan fingerprint density at radius 1 is 1.21 bits per heavy atom. The minimum Gasteiger partial charge on any atom is -0.482 e. The Morgan fingerprint density at radius 2 is 2.03 bits per heavy atom. The van der Waals surface area contributed by atoms with Crippen LogP contribution >= 0.6 is 35.0 Å². The van der Waals surface area contributed by atoms with E-state index in [1.807, 2.05) is 10.9 Å². The van der Waals surface area contributed by atoms with Gasteiger partial charge in [-0.15, -0.1) is 0 Å². The average Bonchev–Trinajstić information content (AvgIpc) is 3.22. The van der Waals surface area contributed by atoms with Crippen molar-refractivity contribution in [2.24, 2.45) is 0 Å². The molecule has 0 aliphatic carbocycles. The van der Waals surface area contributed by atoms with E-state index in [0.717, 1.165) is 40.9 Å². The fraction of sp³-hybridized carbons (Fsp3) is 0.455. The van der Waals surface area contributed by atoms with Crippen LogP contribution in [0.3, 0.4) is 0 Å². The van der Waals surface area contributed by atoms with Gasteiger partial charge in [-0.3, -0.25) is 4.79 Å². The van der Waals surface area contributed by atoms with Crippen molar-refractivity contribution in [3.8, 4) is 5.75 Å². The Bertz CT molecular complexity index is 1120. The summed E-state index contributed by atoms with van der Waals surface area (Å²) < 4.78 is 7.30. The van der Waals surface area contributed by atoms with Gasteiger partial charge in [0.25, 0.3) is 5.91 Å². The molecular weight excluding hydrogens is 483 g/mol. The van der Waals surface area contributed by atoms with E-state index in [-0.39, 0.29) is 12.5 Å².